The summed E-state index contributed by atoms with van der Waals surface area (Å²) in [7, 11) is -3.89. The number of carbonyl (C=O) groups is 3. The molecular weight excluding hydrogens is 490 g/mol. The molecule has 2 aromatic rings. The Hall–Kier alpha value is -2.91. The van der Waals surface area contributed by atoms with Gasteiger partial charge in [-0.1, -0.05) is 48.9 Å². The number of nitrogens with one attached hydrogen (secondary N) is 1. The number of anilines is 1. The summed E-state index contributed by atoms with van der Waals surface area (Å²) in [5.41, 5.74) is 1.12. The third kappa shape index (κ3) is 7.80. The first kappa shape index (κ1) is 28.3. The summed E-state index contributed by atoms with van der Waals surface area (Å²) in [6.45, 7) is 6.22. The quantitative estimate of drug-likeness (QED) is 0.455. The zero-order chi connectivity index (χ0) is 26.3. The van der Waals surface area contributed by atoms with Crippen LogP contribution in [0.15, 0.2) is 48.5 Å². The van der Waals surface area contributed by atoms with Crippen LogP contribution in [0.3, 0.4) is 0 Å². The summed E-state index contributed by atoms with van der Waals surface area (Å²) < 4.78 is 26.2. The lowest BCUT2D eigenvalue weighted by atomic mass is 10.1. The number of halogens is 1. The van der Waals surface area contributed by atoms with Crippen molar-refractivity contribution in [3.63, 3.8) is 0 Å². The Bertz CT molecular complexity index is 1190. The molecule has 0 saturated carbocycles. The SMILES string of the molecule is CC[C@@H](C)NC(=O)[C@@H](C)N(Cc1ccccc1Cl)C(=O)CN(c1cccc(C(C)=O)c1)S(C)(=O)=O. The monoisotopic (exact) mass is 521 g/mol. The number of amides is 2. The summed E-state index contributed by atoms with van der Waals surface area (Å²) in [5.74, 6) is -1.18. The Labute approximate surface area is 212 Å². The minimum atomic E-state index is -3.89. The number of sulfonamides is 1. The van der Waals surface area contributed by atoms with E-state index < -0.39 is 28.5 Å². The Morgan fingerprint density at radius 2 is 1.71 bits per heavy atom. The fourth-order valence-electron chi connectivity index (χ4n) is 3.35. The van der Waals surface area contributed by atoms with E-state index >= 15 is 0 Å². The number of hydrogen-bond donors (Lipinski definition) is 1. The highest BCUT2D eigenvalue weighted by Gasteiger charge is 2.31. The van der Waals surface area contributed by atoms with Crippen molar-refractivity contribution in [2.75, 3.05) is 17.1 Å². The lowest BCUT2D eigenvalue weighted by molar-refractivity contribution is -0.139. The van der Waals surface area contributed by atoms with Crippen molar-refractivity contribution < 1.29 is 22.8 Å². The van der Waals surface area contributed by atoms with E-state index in [1.807, 2.05) is 13.8 Å². The van der Waals surface area contributed by atoms with Gasteiger partial charge in [-0.25, -0.2) is 8.42 Å². The molecule has 0 spiro atoms. The molecule has 0 bridgehead atoms. The van der Waals surface area contributed by atoms with Crippen LogP contribution in [0.2, 0.25) is 5.02 Å². The maximum Gasteiger partial charge on any atom is 0.244 e. The zero-order valence-corrected chi connectivity index (χ0v) is 22.2. The molecule has 2 atom stereocenters. The third-order valence-electron chi connectivity index (χ3n) is 5.69. The smallest absolute Gasteiger partial charge is 0.244 e. The van der Waals surface area contributed by atoms with Crippen LogP contribution in [0.1, 0.15) is 50.0 Å². The number of ketones is 1. The highest BCUT2D eigenvalue weighted by Crippen LogP contribution is 2.22. The van der Waals surface area contributed by atoms with Crippen LogP contribution in [-0.2, 0) is 26.2 Å². The highest BCUT2D eigenvalue weighted by molar-refractivity contribution is 7.92. The lowest BCUT2D eigenvalue weighted by Crippen LogP contribution is -2.52. The van der Waals surface area contributed by atoms with Gasteiger partial charge in [0, 0.05) is 23.2 Å². The van der Waals surface area contributed by atoms with E-state index in [9.17, 15) is 22.8 Å². The van der Waals surface area contributed by atoms with Gasteiger partial charge in [-0.2, -0.15) is 0 Å². The molecule has 35 heavy (non-hydrogen) atoms. The van der Waals surface area contributed by atoms with Gasteiger partial charge in [0.25, 0.3) is 0 Å². The minimum absolute atomic E-state index is 0.0126. The van der Waals surface area contributed by atoms with Crippen LogP contribution in [0.25, 0.3) is 0 Å². The normalized spacial score (nSPS) is 13.0. The van der Waals surface area contributed by atoms with Gasteiger partial charge in [-0.15, -0.1) is 0 Å². The zero-order valence-electron chi connectivity index (χ0n) is 20.6. The van der Waals surface area contributed by atoms with Crippen molar-refractivity contribution in [1.82, 2.24) is 10.2 Å². The van der Waals surface area contributed by atoms with Crippen LogP contribution < -0.4 is 9.62 Å². The molecule has 0 fully saturated rings. The molecule has 2 amide bonds. The van der Waals surface area contributed by atoms with Crippen LogP contribution in [0.4, 0.5) is 5.69 Å². The molecule has 190 valence electrons. The second-order valence-corrected chi connectivity index (χ2v) is 10.8. The fourth-order valence-corrected chi connectivity index (χ4v) is 4.39. The summed E-state index contributed by atoms with van der Waals surface area (Å²) in [5, 5.41) is 3.29. The van der Waals surface area contributed by atoms with E-state index in [4.69, 9.17) is 11.6 Å². The average molecular weight is 522 g/mol. The van der Waals surface area contributed by atoms with Crippen molar-refractivity contribution in [3.05, 3.63) is 64.7 Å². The molecule has 8 nitrogen and oxygen atoms in total. The van der Waals surface area contributed by atoms with Crippen LogP contribution >= 0.6 is 11.6 Å². The molecule has 0 saturated heterocycles. The Morgan fingerprint density at radius 3 is 2.29 bits per heavy atom. The van der Waals surface area contributed by atoms with E-state index in [1.165, 1.54) is 24.0 Å². The molecular formula is C25H32ClN3O5S. The molecule has 0 aliphatic heterocycles. The summed E-state index contributed by atoms with van der Waals surface area (Å²) in [6, 6.07) is 12.0. The van der Waals surface area contributed by atoms with E-state index in [1.54, 1.807) is 43.3 Å². The van der Waals surface area contributed by atoms with Crippen molar-refractivity contribution in [1.29, 1.82) is 0 Å². The summed E-state index contributed by atoms with van der Waals surface area (Å²) in [6.07, 6.45) is 1.70. The second-order valence-electron chi connectivity index (χ2n) is 8.48. The Morgan fingerprint density at radius 1 is 1.06 bits per heavy atom. The Kier molecular flexibility index (Phi) is 9.85. The second kappa shape index (κ2) is 12.2. The Balaban J connectivity index is 2.44. The van der Waals surface area contributed by atoms with Gasteiger partial charge < -0.3 is 10.2 Å². The number of carbonyl (C=O) groups excluding carboxylic acids is 3. The number of rotatable bonds is 11. The van der Waals surface area contributed by atoms with Crippen LogP contribution in [0.5, 0.6) is 0 Å². The fraction of sp³-hybridized carbons (Fsp3) is 0.400. The van der Waals surface area contributed by atoms with Gasteiger partial charge in [0.05, 0.1) is 11.9 Å². The molecule has 1 N–H and O–H groups in total. The van der Waals surface area contributed by atoms with Crippen molar-refractivity contribution >= 4 is 44.9 Å². The van der Waals surface area contributed by atoms with Crippen LogP contribution in [0, 0.1) is 0 Å². The first-order valence-corrected chi connectivity index (χ1v) is 13.5. The van der Waals surface area contributed by atoms with Crippen molar-refractivity contribution in [2.24, 2.45) is 0 Å². The molecule has 0 radical (unpaired) electrons. The minimum Gasteiger partial charge on any atom is -0.352 e. The van der Waals surface area contributed by atoms with E-state index in [-0.39, 0.29) is 30.0 Å². The first-order valence-electron chi connectivity index (χ1n) is 11.3. The molecule has 0 aliphatic carbocycles. The van der Waals surface area contributed by atoms with E-state index in [0.717, 1.165) is 10.6 Å². The molecule has 2 rings (SSSR count). The number of benzene rings is 2. The maximum absolute atomic E-state index is 13.5. The largest absolute Gasteiger partial charge is 0.352 e. The number of Topliss-reactive ketones (excluding diaryl/α,β-unsaturated/α-hetero) is 1. The highest BCUT2D eigenvalue weighted by atomic mass is 35.5. The average Bonchev–Trinajstić information content (AvgIpc) is 2.80. The topological polar surface area (TPSA) is 104 Å². The van der Waals surface area contributed by atoms with Gasteiger partial charge >= 0.3 is 0 Å². The lowest BCUT2D eigenvalue weighted by Gasteiger charge is -2.32. The predicted octanol–water partition coefficient (Wildman–Crippen LogP) is 3.64. The molecule has 0 aromatic heterocycles. The molecule has 0 aliphatic rings. The van der Waals surface area contributed by atoms with Gasteiger partial charge in [0.1, 0.15) is 12.6 Å². The van der Waals surface area contributed by atoms with Crippen LogP contribution in [-0.4, -0.2) is 55.8 Å². The summed E-state index contributed by atoms with van der Waals surface area (Å²) in [4.78, 5) is 39.6. The van der Waals surface area contributed by atoms with Gasteiger partial charge in [0.2, 0.25) is 21.8 Å². The maximum atomic E-state index is 13.5. The number of hydrogen-bond acceptors (Lipinski definition) is 5. The van der Waals surface area contributed by atoms with Crippen molar-refractivity contribution in [3.8, 4) is 0 Å². The standard InChI is InChI=1S/C25H32ClN3O5S/c1-6-17(2)27-25(32)18(3)28(15-21-10-7-8-13-23(21)26)24(31)16-29(35(5,33)34)22-12-9-11-20(14-22)19(4)30/h7-14,17-18H,6,15-16H2,1-5H3,(H,27,32)/t17-,18-/m1/s1. The molecule has 2 aromatic carbocycles. The van der Waals surface area contributed by atoms with Crippen molar-refractivity contribution in [2.45, 2.75) is 52.7 Å². The predicted molar refractivity (Wildman–Crippen MR) is 138 cm³/mol. The van der Waals surface area contributed by atoms with Gasteiger partial charge in [0.15, 0.2) is 5.78 Å². The van der Waals surface area contributed by atoms with Gasteiger partial charge in [-0.05, 0) is 51.0 Å². The van der Waals surface area contributed by atoms with E-state index in [2.05, 4.69) is 5.32 Å². The van der Waals surface area contributed by atoms with Gasteiger partial charge in [-0.3, -0.25) is 18.7 Å². The molecule has 0 heterocycles. The third-order valence-corrected chi connectivity index (χ3v) is 7.20. The number of nitrogens with zero attached hydrogens (tertiary/aromatic N) is 2. The summed E-state index contributed by atoms with van der Waals surface area (Å²) >= 11 is 6.31. The molecule has 10 heteroatoms. The van der Waals surface area contributed by atoms with E-state index in [0.29, 0.717) is 22.6 Å². The molecule has 0 unspecified atom stereocenters. The first-order chi connectivity index (χ1) is 16.3.